The molecule has 2 aliphatic carbocycles. The van der Waals surface area contributed by atoms with Crippen molar-refractivity contribution >= 4 is 34.3 Å². The first-order valence-electron chi connectivity index (χ1n) is 11.9. The predicted octanol–water partition coefficient (Wildman–Crippen LogP) is 5.94. The molecule has 1 atom stereocenters. The van der Waals surface area contributed by atoms with E-state index in [1.165, 1.54) is 15.9 Å². The number of pyridine rings is 1. The number of carboxylic acids is 1. The summed E-state index contributed by atoms with van der Waals surface area (Å²) in [5.74, 6) is -3.20. The van der Waals surface area contributed by atoms with Crippen molar-refractivity contribution in [1.29, 1.82) is 0 Å². The van der Waals surface area contributed by atoms with Crippen LogP contribution in [0.2, 0.25) is 0 Å². The smallest absolute Gasteiger partial charge is 0.408 e. The summed E-state index contributed by atoms with van der Waals surface area (Å²) < 4.78 is 38.1. The fourth-order valence-electron chi connectivity index (χ4n) is 4.72. The number of aryl methyl sites for hydroxylation is 1. The molecule has 190 valence electrons. The van der Waals surface area contributed by atoms with Gasteiger partial charge in [0, 0.05) is 27.6 Å². The van der Waals surface area contributed by atoms with Gasteiger partial charge in [0.1, 0.15) is 17.0 Å². The van der Waals surface area contributed by atoms with Gasteiger partial charge in [0.25, 0.3) is 0 Å². The number of hydrogen-bond donors (Lipinski definition) is 2. The Balaban J connectivity index is 1.60. The average Bonchev–Trinajstić information content (AvgIpc) is 3.52. The van der Waals surface area contributed by atoms with Crippen molar-refractivity contribution in [3.05, 3.63) is 56.2 Å². The molecule has 3 aromatic rings. The molecule has 7 nitrogen and oxygen atoms in total. The van der Waals surface area contributed by atoms with Crippen LogP contribution in [-0.4, -0.2) is 27.3 Å². The highest BCUT2D eigenvalue weighted by molar-refractivity contribution is 7.15. The van der Waals surface area contributed by atoms with Gasteiger partial charge >= 0.3 is 12.1 Å². The number of thiophene rings is 1. The zero-order valence-corrected chi connectivity index (χ0v) is 20.9. The Morgan fingerprint density at radius 3 is 2.56 bits per heavy atom. The molecule has 0 aliphatic heterocycles. The highest BCUT2D eigenvalue weighted by atomic mass is 32.1. The van der Waals surface area contributed by atoms with Crippen molar-refractivity contribution in [2.75, 3.05) is 0 Å². The van der Waals surface area contributed by atoms with E-state index in [4.69, 9.17) is 4.74 Å². The van der Waals surface area contributed by atoms with Crippen molar-refractivity contribution in [2.24, 2.45) is 0 Å². The van der Waals surface area contributed by atoms with Crippen molar-refractivity contribution in [2.45, 2.75) is 70.6 Å². The summed E-state index contributed by atoms with van der Waals surface area (Å²) in [6.45, 7) is 5.33. The number of halogens is 2. The maximum absolute atomic E-state index is 16.0. The molecule has 2 aliphatic rings. The topological polar surface area (TPSA) is 97.6 Å². The van der Waals surface area contributed by atoms with E-state index in [1.807, 2.05) is 0 Å². The quantitative estimate of drug-likeness (QED) is 0.447. The number of nitrogens with one attached hydrogen (secondary N) is 1. The van der Waals surface area contributed by atoms with Crippen LogP contribution in [-0.2, 0) is 11.2 Å². The molecular weight excluding hydrogens is 490 g/mol. The van der Waals surface area contributed by atoms with E-state index in [-0.39, 0.29) is 23.2 Å². The standard InChI is InChI=1S/C26H26F2N2O5S/c1-26(2,3)35-25(34)29-17-6-4-5-12-9-18(36-23(12)17)14-10-16(27)19-21(20(14)28)30(13-7-8-13)11-15(22(19)31)24(32)33/h9-11,13,17H,4-8H2,1-3H3,(H,29,34)(H,32,33). The third-order valence-electron chi connectivity index (χ3n) is 6.41. The second-order valence-corrected chi connectivity index (χ2v) is 11.4. The number of carbonyl (C=O) groups is 2. The largest absolute Gasteiger partial charge is 0.477 e. The van der Waals surface area contributed by atoms with E-state index in [1.54, 1.807) is 26.8 Å². The Morgan fingerprint density at radius 1 is 1.19 bits per heavy atom. The summed E-state index contributed by atoms with van der Waals surface area (Å²) in [6, 6.07) is 2.28. The van der Waals surface area contributed by atoms with Crippen LogP contribution < -0.4 is 10.7 Å². The molecule has 10 heteroatoms. The maximum atomic E-state index is 16.0. The lowest BCUT2D eigenvalue weighted by atomic mass is 9.94. The zero-order valence-electron chi connectivity index (χ0n) is 20.1. The molecule has 1 amide bonds. The molecule has 2 heterocycles. The number of alkyl carbamates (subject to hydrolysis) is 1. The first-order valence-corrected chi connectivity index (χ1v) is 12.7. The van der Waals surface area contributed by atoms with E-state index >= 15 is 8.78 Å². The molecule has 0 bridgehead atoms. The highest BCUT2D eigenvalue weighted by Crippen LogP contribution is 2.44. The minimum atomic E-state index is -1.48. The number of carbonyl (C=O) groups excluding carboxylic acids is 1. The summed E-state index contributed by atoms with van der Waals surface area (Å²) >= 11 is 1.27. The van der Waals surface area contributed by atoms with Crippen LogP contribution in [0.3, 0.4) is 0 Å². The van der Waals surface area contributed by atoms with Gasteiger partial charge in [0.05, 0.1) is 16.9 Å². The fraction of sp³-hybridized carbons (Fsp3) is 0.423. The molecule has 2 N–H and O–H groups in total. The number of amides is 1. The minimum absolute atomic E-state index is 0.00675. The van der Waals surface area contributed by atoms with Crippen LogP contribution in [0.25, 0.3) is 21.3 Å². The normalized spacial score (nSPS) is 17.6. The Labute approximate surface area is 209 Å². The SMILES string of the molecule is CC(C)(C)OC(=O)NC1CCCc2cc(-c3cc(F)c4c(=O)c(C(=O)O)cn(C5CC5)c4c3F)sc21. The van der Waals surface area contributed by atoms with Gasteiger partial charge in [0.15, 0.2) is 5.82 Å². The summed E-state index contributed by atoms with van der Waals surface area (Å²) in [6.07, 6.45) is 4.21. The van der Waals surface area contributed by atoms with E-state index in [0.29, 0.717) is 24.1 Å². The van der Waals surface area contributed by atoms with Crippen LogP contribution in [0.4, 0.5) is 13.6 Å². The number of ether oxygens (including phenoxy) is 1. The minimum Gasteiger partial charge on any atom is -0.477 e. The molecule has 5 rings (SSSR count). The Morgan fingerprint density at radius 2 is 1.92 bits per heavy atom. The number of aromatic carboxylic acids is 1. The molecule has 2 aromatic heterocycles. The third-order valence-corrected chi connectivity index (χ3v) is 7.74. The van der Waals surface area contributed by atoms with Crippen LogP contribution >= 0.6 is 11.3 Å². The number of benzene rings is 1. The van der Waals surface area contributed by atoms with Crippen molar-refractivity contribution < 1.29 is 28.2 Å². The van der Waals surface area contributed by atoms with E-state index < -0.39 is 45.7 Å². The second kappa shape index (κ2) is 8.69. The van der Waals surface area contributed by atoms with Gasteiger partial charge in [-0.3, -0.25) is 4.79 Å². The Bertz CT molecular complexity index is 1470. The van der Waals surface area contributed by atoms with Gasteiger partial charge in [-0.2, -0.15) is 0 Å². The zero-order chi connectivity index (χ0) is 25.9. The first-order chi connectivity index (χ1) is 16.9. The number of nitrogens with zero attached hydrogens (tertiary/aromatic N) is 1. The van der Waals surface area contributed by atoms with Gasteiger partial charge in [0.2, 0.25) is 5.43 Å². The molecule has 1 aromatic carbocycles. The van der Waals surface area contributed by atoms with Gasteiger partial charge in [-0.05, 0) is 70.6 Å². The molecule has 1 unspecified atom stereocenters. The summed E-state index contributed by atoms with van der Waals surface area (Å²) in [5.41, 5.74) is -1.52. The van der Waals surface area contributed by atoms with Crippen LogP contribution in [0.15, 0.2) is 23.1 Å². The molecule has 36 heavy (non-hydrogen) atoms. The van der Waals surface area contributed by atoms with Crippen LogP contribution in [0, 0.1) is 11.6 Å². The van der Waals surface area contributed by atoms with Gasteiger partial charge in [-0.25, -0.2) is 18.4 Å². The van der Waals surface area contributed by atoms with E-state index in [0.717, 1.165) is 35.5 Å². The van der Waals surface area contributed by atoms with Gasteiger partial charge < -0.3 is 19.7 Å². The number of carboxylic acid groups (broad SMARTS) is 1. The molecular formula is C26H26F2N2O5S. The lowest BCUT2D eigenvalue weighted by Gasteiger charge is -2.26. The van der Waals surface area contributed by atoms with Crippen molar-refractivity contribution in [1.82, 2.24) is 9.88 Å². The van der Waals surface area contributed by atoms with Crippen molar-refractivity contribution in [3.8, 4) is 10.4 Å². The predicted molar refractivity (Wildman–Crippen MR) is 132 cm³/mol. The number of fused-ring (bicyclic) bond motifs is 2. The summed E-state index contributed by atoms with van der Waals surface area (Å²) in [4.78, 5) is 38.0. The van der Waals surface area contributed by atoms with E-state index in [2.05, 4.69) is 5.32 Å². The van der Waals surface area contributed by atoms with Crippen LogP contribution in [0.5, 0.6) is 0 Å². The number of rotatable bonds is 4. The summed E-state index contributed by atoms with van der Waals surface area (Å²) in [5, 5.41) is 11.8. The monoisotopic (exact) mass is 516 g/mol. The Kier molecular flexibility index (Phi) is 5.89. The summed E-state index contributed by atoms with van der Waals surface area (Å²) in [7, 11) is 0. The third kappa shape index (κ3) is 4.38. The second-order valence-electron chi connectivity index (χ2n) is 10.4. The van der Waals surface area contributed by atoms with E-state index in [9.17, 15) is 19.5 Å². The van der Waals surface area contributed by atoms with Gasteiger partial charge in [-0.15, -0.1) is 11.3 Å². The highest BCUT2D eigenvalue weighted by Gasteiger charge is 2.32. The molecule has 0 spiro atoms. The fourth-order valence-corrected chi connectivity index (χ4v) is 6.03. The maximum Gasteiger partial charge on any atom is 0.408 e. The average molecular weight is 517 g/mol. The van der Waals surface area contributed by atoms with Gasteiger partial charge in [-0.1, -0.05) is 0 Å². The molecule has 0 radical (unpaired) electrons. The molecule has 0 saturated heterocycles. The van der Waals surface area contributed by atoms with Crippen molar-refractivity contribution in [3.63, 3.8) is 0 Å². The molecule has 1 saturated carbocycles. The van der Waals surface area contributed by atoms with Crippen LogP contribution in [0.1, 0.15) is 79.3 Å². The number of hydrogen-bond acceptors (Lipinski definition) is 5. The number of aromatic nitrogens is 1. The molecule has 1 fully saturated rings. The lowest BCUT2D eigenvalue weighted by molar-refractivity contribution is 0.0499. The Hall–Kier alpha value is -3.27. The lowest BCUT2D eigenvalue weighted by Crippen LogP contribution is -2.35. The first kappa shape index (κ1) is 24.4.